The summed E-state index contributed by atoms with van der Waals surface area (Å²) in [5.74, 6) is -2.45. The van der Waals surface area contributed by atoms with E-state index >= 15 is 0 Å². The minimum atomic E-state index is -4.55. The smallest absolute Gasteiger partial charge is 0.406 e. The Labute approximate surface area is 113 Å². The van der Waals surface area contributed by atoms with Crippen molar-refractivity contribution in [3.05, 3.63) is 29.6 Å². The van der Waals surface area contributed by atoms with Gasteiger partial charge in [-0.25, -0.2) is 4.79 Å². The van der Waals surface area contributed by atoms with E-state index in [-0.39, 0.29) is 6.54 Å². The van der Waals surface area contributed by atoms with Crippen LogP contribution in [0.3, 0.4) is 0 Å². The maximum atomic E-state index is 12.4. The summed E-state index contributed by atoms with van der Waals surface area (Å²) in [4.78, 5) is 27.1. The van der Waals surface area contributed by atoms with E-state index in [0.29, 0.717) is 11.3 Å². The lowest BCUT2D eigenvalue weighted by molar-refractivity contribution is -0.140. The maximum absolute atomic E-state index is 12.4. The molecule has 20 heavy (non-hydrogen) atoms. The zero-order valence-electron chi connectivity index (χ0n) is 10.6. The number of alkyl halides is 3. The number of halogens is 3. The number of carboxylic acid groups (broad SMARTS) is 1. The number of amides is 1. The molecule has 1 aromatic rings. The SMILES string of the molecule is CCCN(CC(F)(F)F)C(=O)c1ncccc1C(=O)O. The van der Waals surface area contributed by atoms with Crippen LogP contribution >= 0.6 is 0 Å². The number of rotatable bonds is 5. The molecule has 8 heteroatoms. The van der Waals surface area contributed by atoms with Crippen LogP contribution in [0.1, 0.15) is 34.2 Å². The fourth-order valence-corrected chi connectivity index (χ4v) is 1.64. The first kappa shape index (κ1) is 15.9. The minimum absolute atomic E-state index is 0.131. The average Bonchev–Trinajstić information content (AvgIpc) is 2.36. The summed E-state index contributed by atoms with van der Waals surface area (Å²) in [7, 11) is 0. The Morgan fingerprint density at radius 3 is 2.55 bits per heavy atom. The Morgan fingerprint density at radius 2 is 2.05 bits per heavy atom. The molecule has 1 rings (SSSR count). The first-order chi connectivity index (χ1) is 9.26. The summed E-state index contributed by atoms with van der Waals surface area (Å²) in [5.41, 5.74) is -0.904. The molecule has 0 bridgehead atoms. The molecule has 1 amide bonds. The number of carboxylic acids is 1. The normalized spacial score (nSPS) is 11.2. The predicted molar refractivity (Wildman–Crippen MR) is 63.4 cm³/mol. The van der Waals surface area contributed by atoms with Gasteiger partial charge in [0.05, 0.1) is 5.56 Å². The summed E-state index contributed by atoms with van der Waals surface area (Å²) < 4.78 is 37.3. The van der Waals surface area contributed by atoms with E-state index in [1.807, 2.05) is 0 Å². The topological polar surface area (TPSA) is 70.5 Å². The van der Waals surface area contributed by atoms with Gasteiger partial charge in [0, 0.05) is 12.7 Å². The Morgan fingerprint density at radius 1 is 1.40 bits per heavy atom. The van der Waals surface area contributed by atoms with Gasteiger partial charge in [-0.05, 0) is 18.6 Å². The quantitative estimate of drug-likeness (QED) is 0.902. The predicted octanol–water partition coefficient (Wildman–Crippen LogP) is 2.19. The molecule has 1 N–H and O–H groups in total. The fourth-order valence-electron chi connectivity index (χ4n) is 1.64. The zero-order valence-corrected chi connectivity index (χ0v) is 10.6. The van der Waals surface area contributed by atoms with Gasteiger partial charge in [0.2, 0.25) is 0 Å². The van der Waals surface area contributed by atoms with Gasteiger partial charge in [-0.1, -0.05) is 6.92 Å². The summed E-state index contributed by atoms with van der Waals surface area (Å²) in [6.45, 7) is 0.0521. The highest BCUT2D eigenvalue weighted by Crippen LogP contribution is 2.19. The van der Waals surface area contributed by atoms with Crippen molar-refractivity contribution in [3.63, 3.8) is 0 Å². The van der Waals surface area contributed by atoms with Crippen LogP contribution < -0.4 is 0 Å². The zero-order chi connectivity index (χ0) is 15.3. The van der Waals surface area contributed by atoms with Crippen molar-refractivity contribution in [1.82, 2.24) is 9.88 Å². The van der Waals surface area contributed by atoms with Gasteiger partial charge in [0.25, 0.3) is 5.91 Å². The van der Waals surface area contributed by atoms with Crippen molar-refractivity contribution >= 4 is 11.9 Å². The monoisotopic (exact) mass is 290 g/mol. The molecule has 1 heterocycles. The van der Waals surface area contributed by atoms with Crippen molar-refractivity contribution in [1.29, 1.82) is 0 Å². The highest BCUT2D eigenvalue weighted by molar-refractivity contribution is 6.03. The van der Waals surface area contributed by atoms with E-state index < -0.39 is 35.9 Å². The first-order valence-electron chi connectivity index (χ1n) is 5.80. The molecule has 0 atom stereocenters. The fraction of sp³-hybridized carbons (Fsp3) is 0.417. The number of aromatic nitrogens is 1. The van der Waals surface area contributed by atoms with E-state index in [4.69, 9.17) is 5.11 Å². The molecule has 0 radical (unpaired) electrons. The van der Waals surface area contributed by atoms with Crippen LogP contribution in [0.2, 0.25) is 0 Å². The third-order valence-corrected chi connectivity index (χ3v) is 2.39. The second-order valence-corrected chi connectivity index (χ2v) is 4.05. The minimum Gasteiger partial charge on any atom is -0.478 e. The summed E-state index contributed by atoms with van der Waals surface area (Å²) in [5, 5.41) is 8.93. The third kappa shape index (κ3) is 4.22. The molecule has 0 aliphatic rings. The van der Waals surface area contributed by atoms with Crippen molar-refractivity contribution < 1.29 is 27.9 Å². The Balaban J connectivity index is 3.09. The lowest BCUT2D eigenvalue weighted by Crippen LogP contribution is -2.40. The van der Waals surface area contributed by atoms with Crippen molar-refractivity contribution in [2.75, 3.05) is 13.1 Å². The standard InChI is InChI=1S/C12H13F3N2O3/c1-2-6-17(7-12(13,14)15)10(18)9-8(11(19)20)4-3-5-16-9/h3-5H,2,6-7H2,1H3,(H,19,20). The summed E-state index contributed by atoms with van der Waals surface area (Å²) in [6, 6.07) is 2.43. The number of carbonyl (C=O) groups is 2. The number of carbonyl (C=O) groups excluding carboxylic acids is 1. The molecule has 0 aliphatic heterocycles. The van der Waals surface area contributed by atoms with E-state index in [0.717, 1.165) is 12.3 Å². The van der Waals surface area contributed by atoms with E-state index in [9.17, 15) is 22.8 Å². The van der Waals surface area contributed by atoms with Crippen LogP contribution in [0.25, 0.3) is 0 Å². The molecular formula is C12H13F3N2O3. The van der Waals surface area contributed by atoms with Gasteiger partial charge < -0.3 is 10.0 Å². The molecule has 0 saturated carbocycles. The van der Waals surface area contributed by atoms with Gasteiger partial charge in [-0.15, -0.1) is 0 Å². The molecule has 0 spiro atoms. The maximum Gasteiger partial charge on any atom is 0.406 e. The average molecular weight is 290 g/mol. The second-order valence-electron chi connectivity index (χ2n) is 4.05. The largest absolute Gasteiger partial charge is 0.478 e. The van der Waals surface area contributed by atoms with Crippen molar-refractivity contribution in [2.45, 2.75) is 19.5 Å². The van der Waals surface area contributed by atoms with Gasteiger partial charge in [0.15, 0.2) is 0 Å². The van der Waals surface area contributed by atoms with Crippen molar-refractivity contribution in [2.24, 2.45) is 0 Å². The van der Waals surface area contributed by atoms with E-state index in [1.54, 1.807) is 6.92 Å². The van der Waals surface area contributed by atoms with Crippen molar-refractivity contribution in [3.8, 4) is 0 Å². The Hall–Kier alpha value is -2.12. The van der Waals surface area contributed by atoms with Crippen LogP contribution in [0.15, 0.2) is 18.3 Å². The Bertz CT molecular complexity index is 503. The van der Waals surface area contributed by atoms with Gasteiger partial charge in [0.1, 0.15) is 12.2 Å². The molecule has 0 unspecified atom stereocenters. The van der Waals surface area contributed by atoms with Crippen LogP contribution in [0, 0.1) is 0 Å². The molecule has 0 aliphatic carbocycles. The second kappa shape index (κ2) is 6.36. The summed E-state index contributed by atoms with van der Waals surface area (Å²) >= 11 is 0. The molecule has 0 aromatic carbocycles. The molecule has 110 valence electrons. The van der Waals surface area contributed by atoms with Crippen LogP contribution in [0.4, 0.5) is 13.2 Å². The summed E-state index contributed by atoms with van der Waals surface area (Å²) in [6.07, 6.45) is -3.07. The molecule has 1 aromatic heterocycles. The van der Waals surface area contributed by atoms with E-state index in [1.165, 1.54) is 6.07 Å². The molecule has 0 fully saturated rings. The molecule has 0 saturated heterocycles. The number of hydrogen-bond acceptors (Lipinski definition) is 3. The number of aromatic carboxylic acids is 1. The number of hydrogen-bond donors (Lipinski definition) is 1. The van der Waals surface area contributed by atoms with Crippen LogP contribution in [0.5, 0.6) is 0 Å². The van der Waals surface area contributed by atoms with Gasteiger partial charge >= 0.3 is 12.1 Å². The highest BCUT2D eigenvalue weighted by Gasteiger charge is 2.34. The number of nitrogens with zero attached hydrogens (tertiary/aromatic N) is 2. The van der Waals surface area contributed by atoms with Crippen LogP contribution in [-0.2, 0) is 0 Å². The lowest BCUT2D eigenvalue weighted by atomic mass is 10.1. The first-order valence-corrected chi connectivity index (χ1v) is 5.80. The van der Waals surface area contributed by atoms with Crippen LogP contribution in [-0.4, -0.2) is 46.1 Å². The molecule has 5 nitrogen and oxygen atoms in total. The van der Waals surface area contributed by atoms with Gasteiger partial charge in [-0.2, -0.15) is 13.2 Å². The number of pyridine rings is 1. The molecular weight excluding hydrogens is 277 g/mol. The van der Waals surface area contributed by atoms with Gasteiger partial charge in [-0.3, -0.25) is 9.78 Å². The third-order valence-electron chi connectivity index (χ3n) is 2.39. The highest BCUT2D eigenvalue weighted by atomic mass is 19.4. The lowest BCUT2D eigenvalue weighted by Gasteiger charge is -2.23. The Kier molecular flexibility index (Phi) is 5.06. The van der Waals surface area contributed by atoms with E-state index in [2.05, 4.69) is 4.98 Å².